The zero-order valence-corrected chi connectivity index (χ0v) is 13.4. The van der Waals surface area contributed by atoms with Crippen LogP contribution in [0.1, 0.15) is 0 Å². The Bertz CT molecular complexity index is 937. The molecule has 2 aromatic rings. The first-order valence-corrected chi connectivity index (χ1v) is 8.47. The van der Waals surface area contributed by atoms with Gasteiger partial charge in [0.15, 0.2) is 17.8 Å². The molecule has 1 heterocycles. The van der Waals surface area contributed by atoms with Gasteiger partial charge in [0.2, 0.25) is 10.0 Å². The van der Waals surface area contributed by atoms with E-state index in [1.807, 2.05) is 0 Å². The number of sulfonamides is 1. The summed E-state index contributed by atoms with van der Waals surface area (Å²) in [4.78, 5) is 12.1. The molecule has 0 aromatic heterocycles. The number of hydrogen-bond acceptors (Lipinski definition) is 4. The van der Waals surface area contributed by atoms with E-state index in [9.17, 15) is 22.0 Å². The fraction of sp³-hybridized carbons (Fsp3) is 0.0714. The normalized spacial score (nSPS) is 18.4. The van der Waals surface area contributed by atoms with Gasteiger partial charge >= 0.3 is 0 Å². The molecular weight excluding hydrogens is 364 g/mol. The van der Waals surface area contributed by atoms with Crippen molar-refractivity contribution in [2.75, 3.05) is 10.6 Å². The van der Waals surface area contributed by atoms with Gasteiger partial charge in [0.05, 0.1) is 5.69 Å². The number of rotatable bonds is 2. The van der Waals surface area contributed by atoms with Gasteiger partial charge in [0.25, 0.3) is 5.91 Å². The number of hydrogen-bond donors (Lipinski definition) is 3. The van der Waals surface area contributed by atoms with E-state index in [1.165, 1.54) is 18.2 Å². The number of halogens is 3. The van der Waals surface area contributed by atoms with Crippen molar-refractivity contribution in [2.24, 2.45) is 0 Å². The first-order valence-electron chi connectivity index (χ1n) is 6.60. The van der Waals surface area contributed by atoms with Crippen molar-refractivity contribution < 1.29 is 22.0 Å². The minimum atomic E-state index is -3.96. The van der Waals surface area contributed by atoms with Crippen LogP contribution in [0.2, 0.25) is 5.02 Å². The Kier molecular flexibility index (Phi) is 4.16. The summed E-state index contributed by atoms with van der Waals surface area (Å²) in [5, 5.41) is 5.22. The third kappa shape index (κ3) is 3.18. The van der Waals surface area contributed by atoms with E-state index in [2.05, 4.69) is 15.4 Å². The Morgan fingerprint density at radius 2 is 1.88 bits per heavy atom. The van der Waals surface area contributed by atoms with Gasteiger partial charge in [-0.2, -0.15) is 4.72 Å². The fourth-order valence-electron chi connectivity index (χ4n) is 2.15. The Hall–Kier alpha value is -2.23. The van der Waals surface area contributed by atoms with E-state index in [0.717, 1.165) is 18.2 Å². The van der Waals surface area contributed by atoms with Gasteiger partial charge in [-0.3, -0.25) is 4.79 Å². The van der Waals surface area contributed by atoms with Crippen molar-refractivity contribution in [3.8, 4) is 0 Å². The molecule has 2 aromatic carbocycles. The second-order valence-electron chi connectivity index (χ2n) is 4.96. The number of anilines is 2. The highest BCUT2D eigenvalue weighted by molar-refractivity contribution is 7.89. The second kappa shape index (κ2) is 6.00. The molecule has 0 spiro atoms. The zero-order chi connectivity index (χ0) is 17.5. The predicted molar refractivity (Wildman–Crippen MR) is 84.2 cm³/mol. The van der Waals surface area contributed by atoms with Gasteiger partial charge in [0.1, 0.15) is 4.90 Å². The van der Waals surface area contributed by atoms with Gasteiger partial charge in [-0.25, -0.2) is 17.2 Å². The summed E-state index contributed by atoms with van der Waals surface area (Å²) in [6.45, 7) is 0. The van der Waals surface area contributed by atoms with Gasteiger partial charge in [0, 0.05) is 16.8 Å². The maximum absolute atomic E-state index is 13.2. The predicted octanol–water partition coefficient (Wildman–Crippen LogP) is 2.29. The number of nitrogens with one attached hydrogen (secondary N) is 3. The minimum absolute atomic E-state index is 0.0122. The zero-order valence-electron chi connectivity index (χ0n) is 11.8. The number of amides is 1. The highest BCUT2D eigenvalue weighted by Crippen LogP contribution is 2.29. The number of fused-ring (bicyclic) bond motifs is 1. The largest absolute Gasteiger partial charge is 0.360 e. The first kappa shape index (κ1) is 16.6. The third-order valence-corrected chi connectivity index (χ3v) is 4.95. The smallest absolute Gasteiger partial charge is 0.262 e. The Morgan fingerprint density at radius 1 is 1.12 bits per heavy atom. The maximum Gasteiger partial charge on any atom is 0.262 e. The van der Waals surface area contributed by atoms with Gasteiger partial charge in [-0.05, 0) is 30.3 Å². The molecule has 0 saturated carbocycles. The molecule has 0 radical (unpaired) electrons. The average molecular weight is 374 g/mol. The topological polar surface area (TPSA) is 87.3 Å². The molecule has 3 rings (SSSR count). The van der Waals surface area contributed by atoms with Crippen LogP contribution in [0, 0.1) is 11.6 Å². The second-order valence-corrected chi connectivity index (χ2v) is 7.08. The quantitative estimate of drug-likeness (QED) is 0.753. The standard InChI is InChI=1S/C14H10ClF2N3O3S/c15-7-1-4-11-12(5-7)24(22,23)20-13(19-11)14(21)18-8-2-3-9(16)10(17)6-8/h1-6,13,19-20H,(H,18,21)/t13-/m1/s1. The van der Waals surface area contributed by atoms with E-state index in [0.29, 0.717) is 0 Å². The lowest BCUT2D eigenvalue weighted by Gasteiger charge is -2.27. The molecule has 1 aliphatic heterocycles. The summed E-state index contributed by atoms with van der Waals surface area (Å²) < 4.78 is 52.6. The van der Waals surface area contributed by atoms with E-state index in [4.69, 9.17) is 11.6 Å². The molecule has 126 valence electrons. The number of carbonyl (C=O) groups is 1. The van der Waals surface area contributed by atoms with Crippen LogP contribution in [0.25, 0.3) is 0 Å². The van der Waals surface area contributed by atoms with E-state index in [1.54, 1.807) is 0 Å². The molecule has 3 N–H and O–H groups in total. The van der Waals surface area contributed by atoms with Crippen LogP contribution < -0.4 is 15.4 Å². The molecule has 0 fully saturated rings. The summed E-state index contributed by atoms with van der Waals surface area (Å²) in [7, 11) is -3.96. The van der Waals surface area contributed by atoms with Crippen LogP contribution in [-0.4, -0.2) is 20.5 Å². The molecule has 0 unspecified atom stereocenters. The highest BCUT2D eigenvalue weighted by Gasteiger charge is 2.33. The van der Waals surface area contributed by atoms with E-state index >= 15 is 0 Å². The SMILES string of the molecule is O=C(Nc1ccc(F)c(F)c1)[C@@H]1Nc2ccc(Cl)cc2S(=O)(=O)N1. The lowest BCUT2D eigenvalue weighted by Crippen LogP contribution is -2.51. The van der Waals surface area contributed by atoms with Crippen molar-refractivity contribution >= 4 is 38.9 Å². The number of benzene rings is 2. The van der Waals surface area contributed by atoms with Crippen LogP contribution >= 0.6 is 11.6 Å². The molecule has 1 atom stereocenters. The van der Waals surface area contributed by atoms with E-state index in [-0.39, 0.29) is 21.3 Å². The van der Waals surface area contributed by atoms with Gasteiger partial charge in [-0.15, -0.1) is 0 Å². The lowest BCUT2D eigenvalue weighted by atomic mass is 10.2. The van der Waals surface area contributed by atoms with Crippen molar-refractivity contribution in [1.82, 2.24) is 4.72 Å². The molecule has 1 aliphatic rings. The minimum Gasteiger partial charge on any atom is -0.360 e. The van der Waals surface area contributed by atoms with Crippen molar-refractivity contribution in [3.63, 3.8) is 0 Å². The molecule has 0 saturated heterocycles. The van der Waals surface area contributed by atoms with Crippen LogP contribution in [0.4, 0.5) is 20.2 Å². The van der Waals surface area contributed by atoms with Crippen LogP contribution in [0.3, 0.4) is 0 Å². The summed E-state index contributed by atoms with van der Waals surface area (Å²) >= 11 is 5.77. The summed E-state index contributed by atoms with van der Waals surface area (Å²) in [6, 6.07) is 6.93. The van der Waals surface area contributed by atoms with Crippen LogP contribution in [0.15, 0.2) is 41.3 Å². The summed E-state index contributed by atoms with van der Waals surface area (Å²) in [5.74, 6) is -2.98. The molecule has 0 aliphatic carbocycles. The van der Waals surface area contributed by atoms with Crippen molar-refractivity contribution in [3.05, 3.63) is 53.1 Å². The maximum atomic E-state index is 13.2. The summed E-state index contributed by atoms with van der Waals surface area (Å²) in [5.41, 5.74) is 0.186. The molecular formula is C14H10ClF2N3O3S. The van der Waals surface area contributed by atoms with Gasteiger partial charge in [-0.1, -0.05) is 11.6 Å². The number of carbonyl (C=O) groups excluding carboxylic acids is 1. The molecule has 10 heteroatoms. The molecule has 0 bridgehead atoms. The Balaban J connectivity index is 1.84. The van der Waals surface area contributed by atoms with Crippen molar-refractivity contribution in [1.29, 1.82) is 0 Å². The highest BCUT2D eigenvalue weighted by atomic mass is 35.5. The Morgan fingerprint density at radius 3 is 2.58 bits per heavy atom. The van der Waals surface area contributed by atoms with Crippen LogP contribution in [0.5, 0.6) is 0 Å². The lowest BCUT2D eigenvalue weighted by molar-refractivity contribution is -0.117. The Labute approximate surface area is 140 Å². The molecule has 6 nitrogen and oxygen atoms in total. The average Bonchev–Trinajstić information content (AvgIpc) is 2.51. The monoisotopic (exact) mass is 373 g/mol. The fourth-order valence-corrected chi connectivity index (χ4v) is 3.69. The van der Waals surface area contributed by atoms with E-state index < -0.39 is 33.7 Å². The summed E-state index contributed by atoms with van der Waals surface area (Å²) in [6.07, 6.45) is -1.32. The van der Waals surface area contributed by atoms with Crippen molar-refractivity contribution in [2.45, 2.75) is 11.1 Å². The molecule has 1 amide bonds. The first-order chi connectivity index (χ1) is 11.3. The van der Waals surface area contributed by atoms with Crippen LogP contribution in [-0.2, 0) is 14.8 Å². The molecule has 24 heavy (non-hydrogen) atoms. The third-order valence-electron chi connectivity index (χ3n) is 3.26. The van der Waals surface area contributed by atoms with Gasteiger partial charge < -0.3 is 10.6 Å².